The standard InChI is InChI=1S/C11H15N3O/c1-5-14-7-6-12-10(14)8-9(2)11(15)13(3)4/h5-8H,1H2,2-4H3/b9-8+. The zero-order chi connectivity index (χ0) is 11.4. The third-order valence-electron chi connectivity index (χ3n) is 1.98. The molecular weight excluding hydrogens is 190 g/mol. The van der Waals surface area contributed by atoms with E-state index < -0.39 is 0 Å². The van der Waals surface area contributed by atoms with Gasteiger partial charge < -0.3 is 9.47 Å². The number of carbonyl (C=O) groups is 1. The van der Waals surface area contributed by atoms with Gasteiger partial charge in [-0.3, -0.25) is 4.79 Å². The van der Waals surface area contributed by atoms with Crippen LogP contribution in [0.1, 0.15) is 12.7 Å². The number of hydrogen-bond acceptors (Lipinski definition) is 2. The number of aromatic nitrogens is 2. The molecule has 0 aliphatic carbocycles. The number of imidazole rings is 1. The summed E-state index contributed by atoms with van der Waals surface area (Å²) < 4.78 is 1.76. The van der Waals surface area contributed by atoms with E-state index in [0.29, 0.717) is 11.4 Å². The molecule has 15 heavy (non-hydrogen) atoms. The van der Waals surface area contributed by atoms with Gasteiger partial charge in [-0.25, -0.2) is 4.98 Å². The number of likely N-dealkylation sites (N-methyl/N-ethyl adjacent to an activating group) is 1. The van der Waals surface area contributed by atoms with E-state index in [0.717, 1.165) is 0 Å². The van der Waals surface area contributed by atoms with Crippen LogP contribution in [0.5, 0.6) is 0 Å². The van der Waals surface area contributed by atoms with Crippen LogP contribution in [0.4, 0.5) is 0 Å². The van der Waals surface area contributed by atoms with Crippen molar-refractivity contribution in [2.45, 2.75) is 6.92 Å². The molecule has 1 aromatic heterocycles. The monoisotopic (exact) mass is 205 g/mol. The fourth-order valence-corrected chi connectivity index (χ4v) is 1.20. The van der Waals surface area contributed by atoms with Gasteiger partial charge in [0.05, 0.1) is 0 Å². The lowest BCUT2D eigenvalue weighted by molar-refractivity contribution is -0.124. The summed E-state index contributed by atoms with van der Waals surface area (Å²) in [5.41, 5.74) is 0.648. The van der Waals surface area contributed by atoms with Crippen molar-refractivity contribution >= 4 is 18.2 Å². The van der Waals surface area contributed by atoms with Crippen LogP contribution in [-0.2, 0) is 4.79 Å². The van der Waals surface area contributed by atoms with E-state index in [-0.39, 0.29) is 5.91 Å². The quantitative estimate of drug-likeness (QED) is 0.701. The predicted octanol–water partition coefficient (Wildman–Crippen LogP) is 1.48. The normalized spacial score (nSPS) is 11.3. The highest BCUT2D eigenvalue weighted by Crippen LogP contribution is 2.06. The van der Waals surface area contributed by atoms with Crippen molar-refractivity contribution in [3.63, 3.8) is 0 Å². The Kier molecular flexibility index (Phi) is 3.44. The Bertz CT molecular complexity index is 402. The smallest absolute Gasteiger partial charge is 0.249 e. The number of nitrogens with zero attached hydrogens (tertiary/aromatic N) is 3. The van der Waals surface area contributed by atoms with E-state index in [4.69, 9.17) is 0 Å². The number of hydrogen-bond donors (Lipinski definition) is 0. The largest absolute Gasteiger partial charge is 0.345 e. The minimum atomic E-state index is -0.0198. The molecule has 0 unspecified atom stereocenters. The third kappa shape index (κ3) is 2.56. The zero-order valence-electron chi connectivity index (χ0n) is 9.27. The maximum Gasteiger partial charge on any atom is 0.249 e. The van der Waals surface area contributed by atoms with Crippen molar-refractivity contribution < 1.29 is 4.79 Å². The molecule has 0 N–H and O–H groups in total. The molecule has 0 spiro atoms. The average Bonchev–Trinajstić information content (AvgIpc) is 2.63. The first-order valence-corrected chi connectivity index (χ1v) is 4.61. The van der Waals surface area contributed by atoms with Crippen LogP contribution in [0.3, 0.4) is 0 Å². The Labute approximate surface area is 89.5 Å². The molecule has 1 aromatic rings. The minimum Gasteiger partial charge on any atom is -0.345 e. The number of carbonyl (C=O) groups excluding carboxylic acids is 1. The van der Waals surface area contributed by atoms with Gasteiger partial charge in [0.2, 0.25) is 5.91 Å². The summed E-state index contributed by atoms with van der Waals surface area (Å²) in [5, 5.41) is 0. The predicted molar refractivity (Wildman–Crippen MR) is 61.0 cm³/mol. The second-order valence-electron chi connectivity index (χ2n) is 3.40. The second-order valence-corrected chi connectivity index (χ2v) is 3.40. The topological polar surface area (TPSA) is 38.1 Å². The van der Waals surface area contributed by atoms with Gasteiger partial charge in [-0.2, -0.15) is 0 Å². The molecule has 4 heteroatoms. The lowest BCUT2D eigenvalue weighted by Crippen LogP contribution is -2.22. The number of amides is 1. The minimum absolute atomic E-state index is 0.0198. The summed E-state index contributed by atoms with van der Waals surface area (Å²) in [4.78, 5) is 17.2. The first kappa shape index (κ1) is 11.2. The van der Waals surface area contributed by atoms with Gasteiger partial charge in [0.25, 0.3) is 0 Å². The molecule has 0 radical (unpaired) electrons. The second kappa shape index (κ2) is 4.59. The van der Waals surface area contributed by atoms with E-state index >= 15 is 0 Å². The molecule has 0 saturated heterocycles. The Balaban J connectivity index is 2.97. The zero-order valence-corrected chi connectivity index (χ0v) is 9.27. The molecule has 0 aromatic carbocycles. The first-order chi connectivity index (χ1) is 7.06. The summed E-state index contributed by atoms with van der Waals surface area (Å²) >= 11 is 0. The molecule has 0 fully saturated rings. The first-order valence-electron chi connectivity index (χ1n) is 4.61. The number of rotatable bonds is 3. The van der Waals surface area contributed by atoms with E-state index in [2.05, 4.69) is 11.6 Å². The van der Waals surface area contributed by atoms with Crippen LogP contribution < -0.4 is 0 Å². The van der Waals surface area contributed by atoms with Crippen molar-refractivity contribution in [2.24, 2.45) is 0 Å². The van der Waals surface area contributed by atoms with Crippen LogP contribution in [-0.4, -0.2) is 34.5 Å². The molecule has 0 aliphatic heterocycles. The summed E-state index contributed by atoms with van der Waals surface area (Å²) in [5.74, 6) is 0.686. The Morgan fingerprint density at radius 3 is 2.80 bits per heavy atom. The summed E-state index contributed by atoms with van der Waals surface area (Å²) in [6, 6.07) is 0. The molecule has 0 bridgehead atoms. The summed E-state index contributed by atoms with van der Waals surface area (Å²) in [6.45, 7) is 5.42. The van der Waals surface area contributed by atoms with Gasteiger partial charge >= 0.3 is 0 Å². The SMILES string of the molecule is C=Cn1ccnc1/C=C(\C)C(=O)N(C)C. The Hall–Kier alpha value is -1.84. The van der Waals surface area contributed by atoms with Gasteiger partial charge in [-0.1, -0.05) is 6.58 Å². The van der Waals surface area contributed by atoms with Crippen molar-refractivity contribution in [2.75, 3.05) is 14.1 Å². The van der Waals surface area contributed by atoms with E-state index in [1.54, 1.807) is 50.3 Å². The maximum atomic E-state index is 11.6. The van der Waals surface area contributed by atoms with Gasteiger partial charge in [0, 0.05) is 38.3 Å². The highest BCUT2D eigenvalue weighted by molar-refractivity contribution is 5.96. The molecule has 0 aliphatic rings. The van der Waals surface area contributed by atoms with E-state index in [1.807, 2.05) is 0 Å². The molecular formula is C11H15N3O. The van der Waals surface area contributed by atoms with Gasteiger partial charge in [0.1, 0.15) is 5.82 Å². The Morgan fingerprint density at radius 1 is 1.60 bits per heavy atom. The lowest BCUT2D eigenvalue weighted by Gasteiger charge is -2.09. The van der Waals surface area contributed by atoms with Crippen molar-refractivity contribution in [3.05, 3.63) is 30.4 Å². The highest BCUT2D eigenvalue weighted by atomic mass is 16.2. The van der Waals surface area contributed by atoms with Crippen LogP contribution in [0, 0.1) is 0 Å². The molecule has 1 rings (SSSR count). The lowest BCUT2D eigenvalue weighted by atomic mass is 10.2. The molecule has 0 saturated carbocycles. The van der Waals surface area contributed by atoms with Gasteiger partial charge in [-0.15, -0.1) is 0 Å². The molecule has 4 nitrogen and oxygen atoms in total. The van der Waals surface area contributed by atoms with E-state index in [1.165, 1.54) is 4.90 Å². The van der Waals surface area contributed by atoms with Gasteiger partial charge in [0.15, 0.2) is 0 Å². The third-order valence-corrected chi connectivity index (χ3v) is 1.98. The van der Waals surface area contributed by atoms with Crippen LogP contribution in [0.15, 0.2) is 24.5 Å². The summed E-state index contributed by atoms with van der Waals surface area (Å²) in [7, 11) is 3.44. The van der Waals surface area contributed by atoms with Gasteiger partial charge in [-0.05, 0) is 13.0 Å². The molecule has 0 atom stereocenters. The highest BCUT2D eigenvalue weighted by Gasteiger charge is 2.07. The van der Waals surface area contributed by atoms with Crippen molar-refractivity contribution in [3.8, 4) is 0 Å². The van der Waals surface area contributed by atoms with Crippen molar-refractivity contribution in [1.82, 2.24) is 14.5 Å². The summed E-state index contributed by atoms with van der Waals surface area (Å²) in [6.07, 6.45) is 6.84. The maximum absolute atomic E-state index is 11.6. The van der Waals surface area contributed by atoms with Crippen LogP contribution in [0.25, 0.3) is 12.3 Å². The van der Waals surface area contributed by atoms with Crippen LogP contribution >= 0.6 is 0 Å². The molecule has 1 amide bonds. The van der Waals surface area contributed by atoms with Crippen molar-refractivity contribution in [1.29, 1.82) is 0 Å². The van der Waals surface area contributed by atoms with E-state index in [9.17, 15) is 4.79 Å². The average molecular weight is 205 g/mol. The fourth-order valence-electron chi connectivity index (χ4n) is 1.20. The molecule has 80 valence electrons. The fraction of sp³-hybridized carbons (Fsp3) is 0.273. The molecule has 1 heterocycles. The Morgan fingerprint density at radius 2 is 2.27 bits per heavy atom. The van der Waals surface area contributed by atoms with Crippen LogP contribution in [0.2, 0.25) is 0 Å².